The van der Waals surface area contributed by atoms with Crippen LogP contribution in [-0.4, -0.2) is 67.1 Å². The molecule has 1 saturated heterocycles. The molecule has 1 heterocycles. The maximum atomic E-state index is 12.0. The van der Waals surface area contributed by atoms with Crippen molar-refractivity contribution in [3.8, 4) is 0 Å². The van der Waals surface area contributed by atoms with Gasteiger partial charge in [0, 0.05) is 31.1 Å². The number of rotatable bonds is 7. The van der Waals surface area contributed by atoms with Gasteiger partial charge in [-0.2, -0.15) is 11.8 Å². The SMILES string of the molecule is CN1CCCN(CC(=O)NCCSCc2ccccc2)C(=O)C1. The van der Waals surface area contributed by atoms with E-state index >= 15 is 0 Å². The first-order valence-corrected chi connectivity index (χ1v) is 9.15. The minimum Gasteiger partial charge on any atom is -0.354 e. The van der Waals surface area contributed by atoms with E-state index in [1.807, 2.05) is 30.1 Å². The molecular weight excluding hydrogens is 310 g/mol. The van der Waals surface area contributed by atoms with Crippen LogP contribution in [0, 0.1) is 0 Å². The summed E-state index contributed by atoms with van der Waals surface area (Å²) in [6.45, 7) is 2.79. The van der Waals surface area contributed by atoms with Crippen LogP contribution in [0.1, 0.15) is 12.0 Å². The van der Waals surface area contributed by atoms with Crippen LogP contribution in [0.15, 0.2) is 30.3 Å². The molecule has 1 fully saturated rings. The van der Waals surface area contributed by atoms with Crippen LogP contribution in [0.5, 0.6) is 0 Å². The largest absolute Gasteiger partial charge is 0.354 e. The highest BCUT2D eigenvalue weighted by Crippen LogP contribution is 2.10. The second-order valence-electron chi connectivity index (χ2n) is 5.79. The van der Waals surface area contributed by atoms with Crippen molar-refractivity contribution >= 4 is 23.6 Å². The van der Waals surface area contributed by atoms with Gasteiger partial charge in [-0.3, -0.25) is 14.5 Å². The van der Waals surface area contributed by atoms with E-state index in [4.69, 9.17) is 0 Å². The molecule has 1 N–H and O–H groups in total. The average Bonchev–Trinajstić information content (AvgIpc) is 2.69. The van der Waals surface area contributed by atoms with E-state index in [0.717, 1.165) is 24.5 Å². The Morgan fingerprint density at radius 2 is 2.04 bits per heavy atom. The number of hydrogen-bond acceptors (Lipinski definition) is 4. The number of carbonyl (C=O) groups is 2. The molecule has 0 spiro atoms. The van der Waals surface area contributed by atoms with Crippen LogP contribution >= 0.6 is 11.8 Å². The fourth-order valence-electron chi connectivity index (χ4n) is 2.49. The quantitative estimate of drug-likeness (QED) is 0.761. The molecule has 126 valence electrons. The van der Waals surface area contributed by atoms with Crippen molar-refractivity contribution in [3.05, 3.63) is 35.9 Å². The van der Waals surface area contributed by atoms with Gasteiger partial charge < -0.3 is 10.2 Å². The first kappa shape index (κ1) is 17.8. The lowest BCUT2D eigenvalue weighted by Crippen LogP contribution is -2.43. The predicted octanol–water partition coefficient (Wildman–Crippen LogP) is 1.20. The Morgan fingerprint density at radius 3 is 2.83 bits per heavy atom. The lowest BCUT2D eigenvalue weighted by Gasteiger charge is -2.20. The third-order valence-corrected chi connectivity index (χ3v) is 4.77. The van der Waals surface area contributed by atoms with Crippen molar-refractivity contribution in [2.45, 2.75) is 12.2 Å². The molecule has 0 unspecified atom stereocenters. The van der Waals surface area contributed by atoms with Gasteiger partial charge >= 0.3 is 0 Å². The molecule has 2 amide bonds. The molecule has 1 aliphatic heterocycles. The number of benzene rings is 1. The number of likely N-dealkylation sites (N-methyl/N-ethyl adjacent to an activating group) is 1. The maximum absolute atomic E-state index is 12.0. The van der Waals surface area contributed by atoms with Gasteiger partial charge in [0.2, 0.25) is 11.8 Å². The van der Waals surface area contributed by atoms with Gasteiger partial charge in [0.15, 0.2) is 0 Å². The molecule has 0 radical (unpaired) electrons. The molecule has 1 aliphatic rings. The fourth-order valence-corrected chi connectivity index (χ4v) is 3.31. The average molecular weight is 335 g/mol. The molecular formula is C17H25N3O2S. The summed E-state index contributed by atoms with van der Waals surface area (Å²) in [7, 11) is 1.94. The first-order valence-electron chi connectivity index (χ1n) is 8.00. The smallest absolute Gasteiger partial charge is 0.239 e. The minimum absolute atomic E-state index is 0.0404. The lowest BCUT2D eigenvalue weighted by atomic mass is 10.2. The van der Waals surface area contributed by atoms with Crippen molar-refractivity contribution in [1.29, 1.82) is 0 Å². The van der Waals surface area contributed by atoms with E-state index in [1.165, 1.54) is 5.56 Å². The zero-order valence-corrected chi connectivity index (χ0v) is 14.5. The number of amides is 2. The predicted molar refractivity (Wildman–Crippen MR) is 94.3 cm³/mol. The Labute approximate surface area is 142 Å². The minimum atomic E-state index is -0.0665. The Hall–Kier alpha value is -1.53. The van der Waals surface area contributed by atoms with Crippen molar-refractivity contribution in [1.82, 2.24) is 15.1 Å². The van der Waals surface area contributed by atoms with Gasteiger partial charge in [-0.15, -0.1) is 0 Å². The molecule has 1 aromatic rings. The van der Waals surface area contributed by atoms with Crippen molar-refractivity contribution in [2.75, 3.05) is 45.5 Å². The normalized spacial score (nSPS) is 16.2. The summed E-state index contributed by atoms with van der Waals surface area (Å²) in [5, 5.41) is 2.90. The van der Waals surface area contributed by atoms with Crippen LogP contribution in [0.2, 0.25) is 0 Å². The van der Waals surface area contributed by atoms with Crippen molar-refractivity contribution in [2.24, 2.45) is 0 Å². The molecule has 0 saturated carbocycles. The standard InChI is InChI=1S/C17H25N3O2S/c1-19-9-5-10-20(17(22)13-19)12-16(21)18-8-11-23-14-15-6-3-2-4-7-15/h2-4,6-7H,5,8-14H2,1H3,(H,18,21). The zero-order valence-electron chi connectivity index (χ0n) is 13.7. The topological polar surface area (TPSA) is 52.6 Å². The summed E-state index contributed by atoms with van der Waals surface area (Å²) in [4.78, 5) is 27.6. The van der Waals surface area contributed by atoms with Gasteiger partial charge in [-0.05, 0) is 19.0 Å². The number of hydrogen-bond donors (Lipinski definition) is 1. The van der Waals surface area contributed by atoms with Crippen LogP contribution in [0.3, 0.4) is 0 Å². The molecule has 0 bridgehead atoms. The Balaban J connectivity index is 1.60. The van der Waals surface area contributed by atoms with Gasteiger partial charge in [0.25, 0.3) is 0 Å². The highest BCUT2D eigenvalue weighted by atomic mass is 32.2. The molecule has 1 aromatic carbocycles. The Morgan fingerprint density at radius 1 is 1.26 bits per heavy atom. The van der Waals surface area contributed by atoms with E-state index < -0.39 is 0 Å². The molecule has 5 nitrogen and oxygen atoms in total. The number of carbonyl (C=O) groups excluding carboxylic acids is 2. The summed E-state index contributed by atoms with van der Waals surface area (Å²) in [6, 6.07) is 10.3. The molecule has 23 heavy (non-hydrogen) atoms. The monoisotopic (exact) mass is 335 g/mol. The fraction of sp³-hybridized carbons (Fsp3) is 0.529. The van der Waals surface area contributed by atoms with E-state index in [-0.39, 0.29) is 18.4 Å². The molecule has 0 aliphatic carbocycles. The van der Waals surface area contributed by atoms with Crippen LogP contribution in [-0.2, 0) is 15.3 Å². The molecule has 2 rings (SSSR count). The molecule has 0 atom stereocenters. The van der Waals surface area contributed by atoms with E-state index in [1.54, 1.807) is 16.7 Å². The third-order valence-electron chi connectivity index (χ3n) is 3.74. The Bertz CT molecular complexity index is 510. The first-order chi connectivity index (χ1) is 11.1. The lowest BCUT2D eigenvalue weighted by molar-refractivity contribution is -0.135. The highest BCUT2D eigenvalue weighted by Gasteiger charge is 2.21. The second kappa shape index (κ2) is 9.57. The van der Waals surface area contributed by atoms with Gasteiger partial charge in [0.1, 0.15) is 0 Å². The number of thioether (sulfide) groups is 1. The van der Waals surface area contributed by atoms with E-state index in [2.05, 4.69) is 17.4 Å². The van der Waals surface area contributed by atoms with Crippen LogP contribution in [0.4, 0.5) is 0 Å². The van der Waals surface area contributed by atoms with Crippen molar-refractivity contribution in [3.63, 3.8) is 0 Å². The summed E-state index contributed by atoms with van der Waals surface area (Å²) < 4.78 is 0. The molecule has 6 heteroatoms. The summed E-state index contributed by atoms with van der Waals surface area (Å²) >= 11 is 1.80. The number of nitrogens with zero attached hydrogens (tertiary/aromatic N) is 2. The van der Waals surface area contributed by atoms with E-state index in [0.29, 0.717) is 19.6 Å². The van der Waals surface area contributed by atoms with Gasteiger partial charge in [-0.25, -0.2) is 0 Å². The summed E-state index contributed by atoms with van der Waals surface area (Å²) in [6.07, 6.45) is 0.919. The zero-order chi connectivity index (χ0) is 16.5. The summed E-state index contributed by atoms with van der Waals surface area (Å²) in [5.74, 6) is 1.80. The maximum Gasteiger partial charge on any atom is 0.239 e. The van der Waals surface area contributed by atoms with Crippen LogP contribution < -0.4 is 5.32 Å². The highest BCUT2D eigenvalue weighted by molar-refractivity contribution is 7.98. The van der Waals surface area contributed by atoms with Gasteiger partial charge in [0.05, 0.1) is 13.1 Å². The van der Waals surface area contributed by atoms with Crippen LogP contribution in [0.25, 0.3) is 0 Å². The van der Waals surface area contributed by atoms with Gasteiger partial charge in [-0.1, -0.05) is 30.3 Å². The summed E-state index contributed by atoms with van der Waals surface area (Å²) in [5.41, 5.74) is 1.29. The Kier molecular flexibility index (Phi) is 7.42. The number of nitrogens with one attached hydrogen (secondary N) is 1. The molecule has 0 aromatic heterocycles. The van der Waals surface area contributed by atoms with E-state index in [9.17, 15) is 9.59 Å². The third kappa shape index (κ3) is 6.62. The second-order valence-corrected chi connectivity index (χ2v) is 6.90. The van der Waals surface area contributed by atoms with Crippen molar-refractivity contribution < 1.29 is 9.59 Å².